The van der Waals surface area contributed by atoms with E-state index in [9.17, 15) is 4.79 Å². The van der Waals surface area contributed by atoms with Crippen molar-refractivity contribution >= 4 is 5.97 Å². The zero-order chi connectivity index (χ0) is 13.3. The highest BCUT2D eigenvalue weighted by atomic mass is 16.4. The van der Waals surface area contributed by atoms with Crippen LogP contribution in [0.3, 0.4) is 0 Å². The average molecular weight is 252 g/mol. The first-order chi connectivity index (χ1) is 8.34. The Morgan fingerprint density at radius 1 is 1.50 bits per heavy atom. The van der Waals surface area contributed by atoms with Crippen molar-refractivity contribution in [1.29, 1.82) is 0 Å². The number of hydrogen-bond acceptors (Lipinski definition) is 4. The maximum absolute atomic E-state index is 10.5. The molecule has 1 aromatic rings. The number of aliphatic carboxylic acids is 1. The van der Waals surface area contributed by atoms with E-state index in [0.29, 0.717) is 5.41 Å². The van der Waals surface area contributed by atoms with E-state index in [2.05, 4.69) is 36.0 Å². The van der Waals surface area contributed by atoms with Gasteiger partial charge in [0.2, 0.25) is 0 Å². The van der Waals surface area contributed by atoms with Crippen molar-refractivity contribution in [3.63, 3.8) is 0 Å². The van der Waals surface area contributed by atoms with Crippen LogP contribution in [-0.2, 0) is 17.9 Å². The molecule has 0 aromatic carbocycles. The van der Waals surface area contributed by atoms with Gasteiger partial charge in [0.1, 0.15) is 6.54 Å². The molecule has 1 fully saturated rings. The van der Waals surface area contributed by atoms with Gasteiger partial charge in [-0.3, -0.25) is 9.69 Å². The Labute approximate surface area is 107 Å². The highest BCUT2D eigenvalue weighted by Gasteiger charge is 2.35. The van der Waals surface area contributed by atoms with Gasteiger partial charge in [0.25, 0.3) is 0 Å². The van der Waals surface area contributed by atoms with Gasteiger partial charge in [-0.2, -0.15) is 0 Å². The van der Waals surface area contributed by atoms with Gasteiger partial charge < -0.3 is 5.11 Å². The van der Waals surface area contributed by atoms with Crippen molar-refractivity contribution in [2.24, 2.45) is 11.3 Å². The number of nitrogens with zero attached hydrogens (tertiary/aromatic N) is 4. The summed E-state index contributed by atoms with van der Waals surface area (Å²) in [4.78, 5) is 12.8. The molecule has 0 aliphatic carbocycles. The first-order valence-corrected chi connectivity index (χ1v) is 6.18. The Hall–Kier alpha value is -1.43. The predicted octanol–water partition coefficient (Wildman–Crippen LogP) is 0.841. The van der Waals surface area contributed by atoms with Crippen LogP contribution in [-0.4, -0.2) is 44.1 Å². The SMILES string of the molecule is CC(C)(C)C1CN(Cc2cn(CC(=O)O)nn2)C1. The quantitative estimate of drug-likeness (QED) is 0.859. The van der Waals surface area contributed by atoms with Crippen LogP contribution in [0.4, 0.5) is 0 Å². The topological polar surface area (TPSA) is 71.2 Å². The zero-order valence-corrected chi connectivity index (χ0v) is 11.1. The molecule has 2 heterocycles. The molecule has 0 unspecified atom stereocenters. The van der Waals surface area contributed by atoms with Crippen molar-refractivity contribution in [2.75, 3.05) is 13.1 Å². The fourth-order valence-electron chi connectivity index (χ4n) is 2.10. The average Bonchev–Trinajstić information content (AvgIpc) is 2.55. The molecule has 1 saturated heterocycles. The number of carboxylic acids is 1. The number of carbonyl (C=O) groups is 1. The molecule has 18 heavy (non-hydrogen) atoms. The van der Waals surface area contributed by atoms with Gasteiger partial charge in [-0.1, -0.05) is 26.0 Å². The third-order valence-electron chi connectivity index (χ3n) is 3.45. The lowest BCUT2D eigenvalue weighted by Gasteiger charge is -2.46. The largest absolute Gasteiger partial charge is 0.480 e. The number of likely N-dealkylation sites (tertiary alicyclic amines) is 1. The summed E-state index contributed by atoms with van der Waals surface area (Å²) >= 11 is 0. The van der Waals surface area contributed by atoms with Gasteiger partial charge in [0.15, 0.2) is 0 Å². The molecule has 0 saturated carbocycles. The van der Waals surface area contributed by atoms with Crippen LogP contribution in [0, 0.1) is 11.3 Å². The number of hydrogen-bond donors (Lipinski definition) is 1. The third kappa shape index (κ3) is 3.07. The fourth-order valence-corrected chi connectivity index (χ4v) is 2.10. The van der Waals surface area contributed by atoms with Crippen molar-refractivity contribution in [2.45, 2.75) is 33.9 Å². The summed E-state index contributed by atoms with van der Waals surface area (Å²) in [6, 6.07) is 0. The van der Waals surface area contributed by atoms with E-state index in [0.717, 1.165) is 31.2 Å². The minimum absolute atomic E-state index is 0.127. The molecule has 6 heteroatoms. The van der Waals surface area contributed by atoms with Gasteiger partial charge in [-0.05, 0) is 11.3 Å². The Balaban J connectivity index is 1.82. The van der Waals surface area contributed by atoms with Gasteiger partial charge in [-0.25, -0.2) is 4.68 Å². The minimum Gasteiger partial charge on any atom is -0.480 e. The normalized spacial score (nSPS) is 17.7. The summed E-state index contributed by atoms with van der Waals surface area (Å²) in [5.74, 6) is -0.172. The molecular formula is C12H20N4O2. The van der Waals surface area contributed by atoms with Crippen molar-refractivity contribution < 1.29 is 9.90 Å². The highest BCUT2D eigenvalue weighted by molar-refractivity contribution is 5.66. The lowest BCUT2D eigenvalue weighted by molar-refractivity contribution is -0.137. The lowest BCUT2D eigenvalue weighted by Crippen LogP contribution is -2.51. The van der Waals surface area contributed by atoms with Crippen LogP contribution in [0.5, 0.6) is 0 Å². The summed E-state index contributed by atoms with van der Waals surface area (Å²) in [6.07, 6.45) is 1.71. The van der Waals surface area contributed by atoms with Crippen LogP contribution in [0.1, 0.15) is 26.5 Å². The molecular weight excluding hydrogens is 232 g/mol. The fraction of sp³-hybridized carbons (Fsp3) is 0.750. The number of aromatic nitrogens is 3. The monoisotopic (exact) mass is 252 g/mol. The number of carboxylic acid groups (broad SMARTS) is 1. The van der Waals surface area contributed by atoms with Crippen LogP contribution in [0.25, 0.3) is 0 Å². The maximum atomic E-state index is 10.5. The molecule has 1 aromatic heterocycles. The van der Waals surface area contributed by atoms with Crippen LogP contribution in [0.2, 0.25) is 0 Å². The van der Waals surface area contributed by atoms with Crippen molar-refractivity contribution in [3.8, 4) is 0 Å². The summed E-state index contributed by atoms with van der Waals surface area (Å²) < 4.78 is 1.36. The minimum atomic E-state index is -0.900. The predicted molar refractivity (Wildman–Crippen MR) is 65.9 cm³/mol. The van der Waals surface area contributed by atoms with Gasteiger partial charge >= 0.3 is 5.97 Å². The van der Waals surface area contributed by atoms with Crippen molar-refractivity contribution in [1.82, 2.24) is 19.9 Å². The molecule has 6 nitrogen and oxygen atoms in total. The molecule has 1 aliphatic rings. The van der Waals surface area contributed by atoms with E-state index < -0.39 is 5.97 Å². The molecule has 0 amide bonds. The summed E-state index contributed by atoms with van der Waals surface area (Å²) in [5, 5.41) is 16.4. The lowest BCUT2D eigenvalue weighted by atomic mass is 9.76. The molecule has 0 spiro atoms. The summed E-state index contributed by atoms with van der Waals surface area (Å²) in [5.41, 5.74) is 1.20. The number of rotatable bonds is 4. The molecule has 1 aliphatic heterocycles. The second kappa shape index (κ2) is 4.68. The van der Waals surface area contributed by atoms with Crippen LogP contribution >= 0.6 is 0 Å². The van der Waals surface area contributed by atoms with Gasteiger partial charge in [-0.15, -0.1) is 5.10 Å². The smallest absolute Gasteiger partial charge is 0.325 e. The van der Waals surface area contributed by atoms with Gasteiger partial charge in [0, 0.05) is 19.6 Å². The summed E-state index contributed by atoms with van der Waals surface area (Å²) in [7, 11) is 0. The van der Waals surface area contributed by atoms with Gasteiger partial charge in [0.05, 0.1) is 11.9 Å². The Bertz CT molecular complexity index is 430. The van der Waals surface area contributed by atoms with Crippen molar-refractivity contribution in [3.05, 3.63) is 11.9 Å². The molecule has 100 valence electrons. The third-order valence-corrected chi connectivity index (χ3v) is 3.45. The molecule has 1 N–H and O–H groups in total. The van der Waals surface area contributed by atoms with E-state index in [-0.39, 0.29) is 6.54 Å². The van der Waals surface area contributed by atoms with E-state index in [1.54, 1.807) is 6.20 Å². The Morgan fingerprint density at radius 3 is 2.72 bits per heavy atom. The molecule has 0 radical (unpaired) electrons. The van der Waals surface area contributed by atoms with Crippen LogP contribution in [0.15, 0.2) is 6.20 Å². The van der Waals surface area contributed by atoms with E-state index in [1.807, 2.05) is 0 Å². The Morgan fingerprint density at radius 2 is 2.17 bits per heavy atom. The second-order valence-electron chi connectivity index (χ2n) is 6.06. The first kappa shape index (κ1) is 13.0. The van der Waals surface area contributed by atoms with Crippen LogP contribution < -0.4 is 0 Å². The Kier molecular flexibility index (Phi) is 3.38. The zero-order valence-electron chi connectivity index (χ0n) is 11.1. The highest BCUT2D eigenvalue weighted by Crippen LogP contribution is 2.33. The maximum Gasteiger partial charge on any atom is 0.325 e. The summed E-state index contributed by atoms with van der Waals surface area (Å²) in [6.45, 7) is 9.57. The second-order valence-corrected chi connectivity index (χ2v) is 6.06. The first-order valence-electron chi connectivity index (χ1n) is 6.18. The van der Waals surface area contributed by atoms with E-state index in [4.69, 9.17) is 5.11 Å². The molecule has 0 atom stereocenters. The standard InChI is InChI=1S/C12H20N4O2/c1-12(2,3)9-4-15(5-9)6-10-7-16(14-13-10)8-11(17)18/h7,9H,4-6,8H2,1-3H3,(H,17,18). The molecule has 0 bridgehead atoms. The molecule has 2 rings (SSSR count). The van der Waals surface area contributed by atoms with E-state index >= 15 is 0 Å². The van der Waals surface area contributed by atoms with E-state index in [1.165, 1.54) is 4.68 Å².